The summed E-state index contributed by atoms with van der Waals surface area (Å²) in [5, 5.41) is 4.05. The van der Waals surface area contributed by atoms with Crippen LogP contribution >= 0.6 is 11.8 Å². The van der Waals surface area contributed by atoms with Gasteiger partial charge >= 0.3 is 0 Å². The SMILES string of the molecule is CCOc1ccc(-n2c(SCC(=O)NCC(C)(C)N3CCOCC3)nc3ccccc3c2=O)cc1. The second-order valence-electron chi connectivity index (χ2n) is 8.96. The quantitative estimate of drug-likeness (QED) is 0.360. The smallest absolute Gasteiger partial charge is 0.266 e. The third kappa shape index (κ3) is 6.04. The average Bonchev–Trinajstić information content (AvgIpc) is 2.88. The highest BCUT2D eigenvalue weighted by Gasteiger charge is 2.28. The number of fused-ring (bicyclic) bond motifs is 1. The summed E-state index contributed by atoms with van der Waals surface area (Å²) in [6.07, 6.45) is 0. The molecule has 1 fully saturated rings. The van der Waals surface area contributed by atoms with Gasteiger partial charge < -0.3 is 14.8 Å². The van der Waals surface area contributed by atoms with Crippen molar-refractivity contribution in [1.29, 1.82) is 0 Å². The Morgan fingerprint density at radius 1 is 1.14 bits per heavy atom. The van der Waals surface area contributed by atoms with Crippen molar-refractivity contribution in [1.82, 2.24) is 19.8 Å². The number of carbonyl (C=O) groups excluding carboxylic acids is 1. The Kier molecular flexibility index (Phi) is 8.10. The monoisotopic (exact) mass is 496 g/mol. The Morgan fingerprint density at radius 2 is 1.86 bits per heavy atom. The highest BCUT2D eigenvalue weighted by atomic mass is 32.2. The number of nitrogens with zero attached hydrogens (tertiary/aromatic N) is 3. The predicted molar refractivity (Wildman–Crippen MR) is 139 cm³/mol. The first-order chi connectivity index (χ1) is 16.9. The van der Waals surface area contributed by atoms with Crippen molar-refractivity contribution in [2.75, 3.05) is 45.2 Å². The molecule has 0 spiro atoms. The van der Waals surface area contributed by atoms with Crippen LogP contribution in [0, 0.1) is 0 Å². The number of nitrogens with one attached hydrogen (secondary N) is 1. The minimum atomic E-state index is -0.171. The number of morpholine rings is 1. The van der Waals surface area contributed by atoms with E-state index in [0.717, 1.165) is 18.8 Å². The molecule has 1 aliphatic heterocycles. The number of carbonyl (C=O) groups is 1. The van der Waals surface area contributed by atoms with Crippen LogP contribution in [0.25, 0.3) is 16.6 Å². The predicted octanol–water partition coefficient (Wildman–Crippen LogP) is 3.10. The first kappa shape index (κ1) is 25.2. The number of aromatic nitrogens is 2. The zero-order valence-electron chi connectivity index (χ0n) is 20.5. The fraction of sp³-hybridized carbons (Fsp3) is 0.423. The number of thioether (sulfide) groups is 1. The third-order valence-corrected chi connectivity index (χ3v) is 7.01. The number of amides is 1. The number of hydrogen-bond donors (Lipinski definition) is 1. The van der Waals surface area contributed by atoms with Crippen LogP contribution in [0.1, 0.15) is 20.8 Å². The van der Waals surface area contributed by atoms with E-state index in [1.165, 1.54) is 11.8 Å². The zero-order valence-corrected chi connectivity index (χ0v) is 21.3. The summed E-state index contributed by atoms with van der Waals surface area (Å²) in [6.45, 7) is 10.4. The molecule has 4 rings (SSSR count). The highest BCUT2D eigenvalue weighted by Crippen LogP contribution is 2.23. The van der Waals surface area contributed by atoms with E-state index in [1.807, 2.05) is 49.4 Å². The van der Waals surface area contributed by atoms with Crippen molar-refractivity contribution in [2.24, 2.45) is 0 Å². The van der Waals surface area contributed by atoms with Crippen molar-refractivity contribution in [3.05, 3.63) is 58.9 Å². The standard InChI is InChI=1S/C26H32N4O4S/c1-4-34-20-11-9-19(10-12-20)30-24(32)21-7-5-6-8-22(21)28-25(30)35-17-23(31)27-18-26(2,3)29-13-15-33-16-14-29/h5-12H,4,13-18H2,1-3H3,(H,27,31). The van der Waals surface area contributed by atoms with Gasteiger partial charge in [0.05, 0.1) is 42.2 Å². The summed E-state index contributed by atoms with van der Waals surface area (Å²) in [5.41, 5.74) is 0.940. The molecule has 0 unspecified atom stereocenters. The van der Waals surface area contributed by atoms with Gasteiger partial charge in [-0.25, -0.2) is 4.98 Å². The van der Waals surface area contributed by atoms with E-state index < -0.39 is 0 Å². The third-order valence-electron chi connectivity index (χ3n) is 6.07. The van der Waals surface area contributed by atoms with Crippen LogP contribution in [-0.4, -0.2) is 71.1 Å². The van der Waals surface area contributed by atoms with Gasteiger partial charge in [0.15, 0.2) is 5.16 Å². The van der Waals surface area contributed by atoms with E-state index in [2.05, 4.69) is 24.1 Å². The Hall–Kier alpha value is -2.88. The molecule has 1 N–H and O–H groups in total. The molecular formula is C26H32N4O4S. The van der Waals surface area contributed by atoms with Crippen LogP contribution in [0.3, 0.4) is 0 Å². The molecule has 0 atom stereocenters. The van der Waals surface area contributed by atoms with Crippen LogP contribution in [0.2, 0.25) is 0 Å². The number of ether oxygens (including phenoxy) is 2. The van der Waals surface area contributed by atoms with Crippen molar-refractivity contribution in [3.63, 3.8) is 0 Å². The molecule has 8 nitrogen and oxygen atoms in total. The summed E-state index contributed by atoms with van der Waals surface area (Å²) in [7, 11) is 0. The number of hydrogen-bond acceptors (Lipinski definition) is 7. The maximum Gasteiger partial charge on any atom is 0.266 e. The molecule has 0 saturated carbocycles. The normalized spacial score (nSPS) is 14.7. The maximum atomic E-state index is 13.4. The molecule has 1 aliphatic rings. The number of para-hydroxylation sites is 1. The van der Waals surface area contributed by atoms with Crippen molar-refractivity contribution in [3.8, 4) is 11.4 Å². The van der Waals surface area contributed by atoms with E-state index in [1.54, 1.807) is 10.6 Å². The van der Waals surface area contributed by atoms with Crippen LogP contribution in [0.15, 0.2) is 58.5 Å². The lowest BCUT2D eigenvalue weighted by Gasteiger charge is -2.40. The maximum absolute atomic E-state index is 13.4. The number of rotatable bonds is 9. The van der Waals surface area contributed by atoms with Gasteiger partial charge in [-0.05, 0) is 57.2 Å². The largest absolute Gasteiger partial charge is 0.494 e. The fourth-order valence-corrected chi connectivity index (χ4v) is 4.91. The molecule has 1 aromatic heterocycles. The van der Waals surface area contributed by atoms with E-state index in [0.29, 0.717) is 48.1 Å². The van der Waals surface area contributed by atoms with E-state index in [9.17, 15) is 9.59 Å². The van der Waals surface area contributed by atoms with E-state index in [-0.39, 0.29) is 22.8 Å². The van der Waals surface area contributed by atoms with Gasteiger partial charge in [-0.15, -0.1) is 0 Å². The van der Waals surface area contributed by atoms with Crippen LogP contribution < -0.4 is 15.6 Å². The van der Waals surface area contributed by atoms with Crippen molar-refractivity contribution < 1.29 is 14.3 Å². The molecule has 9 heteroatoms. The summed E-state index contributed by atoms with van der Waals surface area (Å²) >= 11 is 1.25. The molecule has 0 aliphatic carbocycles. The molecular weight excluding hydrogens is 464 g/mol. The minimum Gasteiger partial charge on any atom is -0.494 e. The molecule has 1 amide bonds. The van der Waals surface area contributed by atoms with E-state index >= 15 is 0 Å². The molecule has 186 valence electrons. The average molecular weight is 497 g/mol. The van der Waals surface area contributed by atoms with E-state index in [4.69, 9.17) is 14.5 Å². The molecule has 1 saturated heterocycles. The molecule has 0 radical (unpaired) electrons. The lowest BCUT2D eigenvalue weighted by atomic mass is 10.0. The van der Waals surface area contributed by atoms with Crippen LogP contribution in [0.5, 0.6) is 5.75 Å². The lowest BCUT2D eigenvalue weighted by molar-refractivity contribution is -0.119. The van der Waals surface area contributed by atoms with Gasteiger partial charge in [-0.2, -0.15) is 0 Å². The Morgan fingerprint density at radius 3 is 2.57 bits per heavy atom. The van der Waals surface area contributed by atoms with Crippen molar-refractivity contribution >= 4 is 28.6 Å². The lowest BCUT2D eigenvalue weighted by Crippen LogP contribution is -2.55. The molecule has 35 heavy (non-hydrogen) atoms. The first-order valence-corrected chi connectivity index (χ1v) is 12.8. The van der Waals surface area contributed by atoms with Gasteiger partial charge in [-0.1, -0.05) is 23.9 Å². The topological polar surface area (TPSA) is 85.7 Å². The number of benzene rings is 2. The summed E-state index contributed by atoms with van der Waals surface area (Å²) in [5.74, 6) is 0.785. The van der Waals surface area contributed by atoms with Gasteiger partial charge in [0.2, 0.25) is 5.91 Å². The summed E-state index contributed by atoms with van der Waals surface area (Å²) in [6, 6.07) is 14.6. The molecule has 2 heterocycles. The first-order valence-electron chi connectivity index (χ1n) is 11.9. The van der Waals surface area contributed by atoms with Gasteiger partial charge in [0, 0.05) is 25.2 Å². The Bertz CT molecular complexity index is 1220. The van der Waals surface area contributed by atoms with Gasteiger partial charge in [-0.3, -0.25) is 19.1 Å². The van der Waals surface area contributed by atoms with Crippen LogP contribution in [-0.2, 0) is 9.53 Å². The zero-order chi connectivity index (χ0) is 24.8. The van der Waals surface area contributed by atoms with Gasteiger partial charge in [0.25, 0.3) is 5.56 Å². The second-order valence-corrected chi connectivity index (χ2v) is 9.90. The molecule has 0 bridgehead atoms. The second kappa shape index (κ2) is 11.2. The Balaban J connectivity index is 1.52. The summed E-state index contributed by atoms with van der Waals surface area (Å²) < 4.78 is 12.5. The molecule has 2 aromatic carbocycles. The van der Waals surface area contributed by atoms with Crippen molar-refractivity contribution in [2.45, 2.75) is 31.5 Å². The fourth-order valence-electron chi connectivity index (χ4n) is 4.07. The summed E-state index contributed by atoms with van der Waals surface area (Å²) in [4.78, 5) is 33.2. The molecule has 3 aromatic rings. The Labute approximate surface area is 209 Å². The van der Waals surface area contributed by atoms with Gasteiger partial charge in [0.1, 0.15) is 5.75 Å². The highest BCUT2D eigenvalue weighted by molar-refractivity contribution is 7.99. The van der Waals surface area contributed by atoms with Crippen LogP contribution in [0.4, 0.5) is 0 Å². The minimum absolute atomic E-state index is 0.100.